The maximum absolute atomic E-state index is 10.5. The summed E-state index contributed by atoms with van der Waals surface area (Å²) >= 11 is 0. The monoisotopic (exact) mass is 214 g/mol. The molecule has 0 saturated heterocycles. The number of ketones is 1. The van der Waals surface area contributed by atoms with E-state index in [9.17, 15) is 9.36 Å². The second-order valence-electron chi connectivity index (χ2n) is 2.37. The SMILES string of the molecule is CC(=O)[C@@H](O)[C@@H](CO)OP(=O)(O)O. The van der Waals surface area contributed by atoms with Crippen LogP contribution < -0.4 is 0 Å². The molecule has 0 spiro atoms. The molecule has 8 heteroatoms. The number of rotatable bonds is 5. The van der Waals surface area contributed by atoms with Crippen LogP contribution in [-0.4, -0.2) is 44.6 Å². The predicted molar refractivity (Wildman–Crippen MR) is 40.7 cm³/mol. The number of phosphoric acid groups is 1. The van der Waals surface area contributed by atoms with Crippen LogP contribution in [0.5, 0.6) is 0 Å². The number of phosphoric ester groups is 1. The van der Waals surface area contributed by atoms with Crippen molar-refractivity contribution in [1.29, 1.82) is 0 Å². The lowest BCUT2D eigenvalue weighted by Gasteiger charge is -2.19. The average Bonchev–Trinajstić information content (AvgIpc) is 1.97. The summed E-state index contributed by atoms with van der Waals surface area (Å²) in [7, 11) is -4.80. The molecule has 0 aliphatic heterocycles. The fourth-order valence-corrected chi connectivity index (χ4v) is 1.16. The first-order valence-corrected chi connectivity index (χ1v) is 4.84. The molecule has 0 amide bonds. The van der Waals surface area contributed by atoms with Crippen molar-refractivity contribution in [2.24, 2.45) is 0 Å². The standard InChI is InChI=1S/C5H11O7P/c1-3(7)5(8)4(2-6)12-13(9,10)11/h4-6,8H,2H2,1H3,(H2,9,10,11)/t4-,5-/m1/s1. The van der Waals surface area contributed by atoms with E-state index in [1.165, 1.54) is 0 Å². The Morgan fingerprint density at radius 1 is 1.54 bits per heavy atom. The van der Waals surface area contributed by atoms with Crippen LogP contribution in [-0.2, 0) is 13.9 Å². The maximum atomic E-state index is 10.5. The lowest BCUT2D eigenvalue weighted by molar-refractivity contribution is -0.131. The first-order chi connectivity index (χ1) is 5.78. The summed E-state index contributed by atoms with van der Waals surface area (Å²) < 4.78 is 14.2. The normalized spacial score (nSPS) is 16.7. The predicted octanol–water partition coefficient (Wildman–Crippen LogP) is -1.59. The van der Waals surface area contributed by atoms with Gasteiger partial charge in [0.05, 0.1) is 6.61 Å². The number of hydrogen-bond acceptors (Lipinski definition) is 5. The molecule has 0 aromatic carbocycles. The summed E-state index contributed by atoms with van der Waals surface area (Å²) in [6.07, 6.45) is -3.34. The number of aliphatic hydroxyl groups is 2. The highest BCUT2D eigenvalue weighted by Gasteiger charge is 2.30. The molecular weight excluding hydrogens is 203 g/mol. The van der Waals surface area contributed by atoms with Gasteiger partial charge in [0, 0.05) is 0 Å². The van der Waals surface area contributed by atoms with Crippen LogP contribution in [0, 0.1) is 0 Å². The second-order valence-corrected chi connectivity index (χ2v) is 3.56. The van der Waals surface area contributed by atoms with Crippen molar-refractivity contribution >= 4 is 13.6 Å². The van der Waals surface area contributed by atoms with E-state index in [-0.39, 0.29) is 0 Å². The summed E-state index contributed by atoms with van der Waals surface area (Å²) in [6.45, 7) is 0.155. The quantitative estimate of drug-likeness (QED) is 0.406. The van der Waals surface area contributed by atoms with E-state index in [1.807, 2.05) is 0 Å². The Morgan fingerprint density at radius 2 is 2.00 bits per heavy atom. The highest BCUT2D eigenvalue weighted by molar-refractivity contribution is 7.46. The molecule has 7 nitrogen and oxygen atoms in total. The lowest BCUT2D eigenvalue weighted by atomic mass is 10.1. The van der Waals surface area contributed by atoms with Crippen LogP contribution in [0.1, 0.15) is 6.92 Å². The molecule has 0 aromatic heterocycles. The molecule has 0 fully saturated rings. The van der Waals surface area contributed by atoms with Crippen LogP contribution in [0.15, 0.2) is 0 Å². The fraction of sp³-hybridized carbons (Fsp3) is 0.800. The van der Waals surface area contributed by atoms with Gasteiger partial charge in [-0.3, -0.25) is 9.32 Å². The van der Waals surface area contributed by atoms with Gasteiger partial charge < -0.3 is 20.0 Å². The molecule has 0 aromatic rings. The smallest absolute Gasteiger partial charge is 0.394 e. The summed E-state index contributed by atoms with van der Waals surface area (Å²) in [4.78, 5) is 27.1. The summed E-state index contributed by atoms with van der Waals surface area (Å²) in [5.74, 6) is -0.743. The molecule has 0 radical (unpaired) electrons. The Bertz CT molecular complexity index is 221. The van der Waals surface area contributed by atoms with E-state index in [0.717, 1.165) is 6.92 Å². The Balaban J connectivity index is 4.35. The molecule has 0 unspecified atom stereocenters. The van der Waals surface area contributed by atoms with Gasteiger partial charge in [-0.1, -0.05) is 0 Å². The molecule has 0 rings (SSSR count). The van der Waals surface area contributed by atoms with Gasteiger partial charge in [-0.2, -0.15) is 0 Å². The highest BCUT2D eigenvalue weighted by Crippen LogP contribution is 2.38. The van der Waals surface area contributed by atoms with Gasteiger partial charge >= 0.3 is 7.82 Å². The van der Waals surface area contributed by atoms with Gasteiger partial charge in [0.25, 0.3) is 0 Å². The molecule has 0 bridgehead atoms. The van der Waals surface area contributed by atoms with E-state index in [4.69, 9.17) is 20.0 Å². The zero-order valence-electron chi connectivity index (χ0n) is 6.82. The number of carbonyl (C=O) groups excluding carboxylic acids is 1. The zero-order chi connectivity index (χ0) is 10.6. The van der Waals surface area contributed by atoms with Crippen LogP contribution >= 0.6 is 7.82 Å². The van der Waals surface area contributed by atoms with Gasteiger partial charge in [-0.15, -0.1) is 0 Å². The zero-order valence-corrected chi connectivity index (χ0v) is 7.72. The molecule has 0 saturated carbocycles. The van der Waals surface area contributed by atoms with E-state index >= 15 is 0 Å². The van der Waals surface area contributed by atoms with Crippen LogP contribution in [0.4, 0.5) is 0 Å². The summed E-state index contributed by atoms with van der Waals surface area (Å²) in [6, 6.07) is 0. The number of aliphatic hydroxyl groups excluding tert-OH is 2. The molecule has 0 aliphatic rings. The van der Waals surface area contributed by atoms with Crippen molar-refractivity contribution in [1.82, 2.24) is 0 Å². The Labute approximate surface area is 74.2 Å². The van der Waals surface area contributed by atoms with E-state index in [1.54, 1.807) is 0 Å². The number of hydrogen-bond donors (Lipinski definition) is 4. The molecule has 0 heterocycles. The minimum absolute atomic E-state index is 0.743. The maximum Gasteiger partial charge on any atom is 0.470 e. The first kappa shape index (κ1) is 12.7. The van der Waals surface area contributed by atoms with Crippen molar-refractivity contribution in [3.05, 3.63) is 0 Å². The summed E-state index contributed by atoms with van der Waals surface area (Å²) in [5, 5.41) is 17.5. The van der Waals surface area contributed by atoms with Crippen molar-refractivity contribution in [2.75, 3.05) is 6.61 Å². The Kier molecular flexibility index (Phi) is 4.69. The van der Waals surface area contributed by atoms with Gasteiger partial charge in [-0.05, 0) is 6.92 Å². The topological polar surface area (TPSA) is 124 Å². The van der Waals surface area contributed by atoms with Gasteiger partial charge in [-0.25, -0.2) is 4.57 Å². The van der Waals surface area contributed by atoms with Gasteiger partial charge in [0.15, 0.2) is 5.78 Å². The van der Waals surface area contributed by atoms with Crippen LogP contribution in [0.3, 0.4) is 0 Å². The minimum Gasteiger partial charge on any atom is -0.394 e. The third kappa shape index (κ3) is 5.09. The third-order valence-corrected chi connectivity index (χ3v) is 1.77. The molecule has 0 aliphatic carbocycles. The number of Topliss-reactive ketones (excluding diaryl/α,β-unsaturated/α-hetero) is 1. The molecule has 13 heavy (non-hydrogen) atoms. The summed E-state index contributed by atoms with van der Waals surface area (Å²) in [5.41, 5.74) is 0. The van der Waals surface area contributed by atoms with Crippen molar-refractivity contribution in [3.8, 4) is 0 Å². The minimum atomic E-state index is -4.80. The molecule has 2 atom stereocenters. The van der Waals surface area contributed by atoms with Gasteiger partial charge in [0.2, 0.25) is 0 Å². The van der Waals surface area contributed by atoms with Gasteiger partial charge in [0.1, 0.15) is 12.2 Å². The fourth-order valence-electron chi connectivity index (χ4n) is 0.629. The van der Waals surface area contributed by atoms with Crippen molar-refractivity contribution < 1.29 is 33.9 Å². The average molecular weight is 214 g/mol. The van der Waals surface area contributed by atoms with Crippen LogP contribution in [0.2, 0.25) is 0 Å². The van der Waals surface area contributed by atoms with E-state index in [2.05, 4.69) is 4.52 Å². The van der Waals surface area contributed by atoms with E-state index < -0.39 is 32.4 Å². The lowest BCUT2D eigenvalue weighted by Crippen LogP contribution is -2.36. The molecule has 4 N–H and O–H groups in total. The number of carbonyl (C=O) groups is 1. The van der Waals surface area contributed by atoms with E-state index in [0.29, 0.717) is 0 Å². The molecular formula is C5H11O7P. The van der Waals surface area contributed by atoms with Crippen molar-refractivity contribution in [2.45, 2.75) is 19.1 Å². The van der Waals surface area contributed by atoms with Crippen molar-refractivity contribution in [3.63, 3.8) is 0 Å². The second kappa shape index (κ2) is 4.80. The Morgan fingerprint density at radius 3 is 2.23 bits per heavy atom. The first-order valence-electron chi connectivity index (χ1n) is 3.31. The largest absolute Gasteiger partial charge is 0.470 e. The highest BCUT2D eigenvalue weighted by atomic mass is 31.2. The van der Waals surface area contributed by atoms with Crippen LogP contribution in [0.25, 0.3) is 0 Å². The Hall–Kier alpha value is -0.300. The molecule has 78 valence electrons. The third-order valence-electron chi connectivity index (χ3n) is 1.22.